The summed E-state index contributed by atoms with van der Waals surface area (Å²) in [7, 11) is 0. The molecule has 4 aromatic rings. The molecule has 0 spiro atoms. The van der Waals surface area contributed by atoms with Crippen molar-refractivity contribution >= 4 is 17.4 Å². The number of hydrogen-bond acceptors (Lipinski definition) is 6. The van der Waals surface area contributed by atoms with Crippen LogP contribution < -0.4 is 10.6 Å². The van der Waals surface area contributed by atoms with Crippen molar-refractivity contribution in [2.75, 3.05) is 5.32 Å². The van der Waals surface area contributed by atoms with E-state index in [4.69, 9.17) is 4.52 Å². The van der Waals surface area contributed by atoms with E-state index in [1.165, 1.54) is 6.07 Å². The van der Waals surface area contributed by atoms with Crippen LogP contribution in [0.1, 0.15) is 11.6 Å². The van der Waals surface area contributed by atoms with Crippen LogP contribution in [0.25, 0.3) is 17.1 Å². The van der Waals surface area contributed by atoms with Crippen LogP contribution >= 0.6 is 0 Å². The van der Waals surface area contributed by atoms with Gasteiger partial charge >= 0.3 is 6.03 Å². The lowest BCUT2D eigenvalue weighted by molar-refractivity contribution is 0.251. The van der Waals surface area contributed by atoms with E-state index in [0.29, 0.717) is 28.8 Å². The van der Waals surface area contributed by atoms with Crippen LogP contribution in [0.5, 0.6) is 0 Å². The molecule has 28 heavy (non-hydrogen) atoms. The molecule has 9 nitrogen and oxygen atoms in total. The Hall–Kier alpha value is -3.89. The second-order valence-corrected chi connectivity index (χ2v) is 5.81. The van der Waals surface area contributed by atoms with Crippen molar-refractivity contribution in [3.05, 3.63) is 59.8 Å². The number of carbonyl (C=O) groups excluding carboxylic acids is 1. The largest absolute Gasteiger partial charge is 0.334 e. The van der Waals surface area contributed by atoms with Crippen LogP contribution in [0.2, 0.25) is 0 Å². The van der Waals surface area contributed by atoms with Gasteiger partial charge in [-0.15, -0.1) is 10.2 Å². The molecule has 0 saturated carbocycles. The lowest BCUT2D eigenvalue weighted by Crippen LogP contribution is -2.29. The van der Waals surface area contributed by atoms with Gasteiger partial charge in [0.1, 0.15) is 17.3 Å². The molecule has 3 heterocycles. The van der Waals surface area contributed by atoms with Crippen molar-refractivity contribution in [1.82, 2.24) is 30.1 Å². The SMILES string of the molecule is Cc1noc(-c2ccn3c(CNC(=O)Nc4c(F)cccc4F)nnc3c2)n1. The van der Waals surface area contributed by atoms with E-state index < -0.39 is 23.4 Å². The van der Waals surface area contributed by atoms with Crippen molar-refractivity contribution in [3.63, 3.8) is 0 Å². The van der Waals surface area contributed by atoms with E-state index in [-0.39, 0.29) is 6.54 Å². The first-order valence-electron chi connectivity index (χ1n) is 8.14. The van der Waals surface area contributed by atoms with Gasteiger partial charge in [-0.1, -0.05) is 11.2 Å². The zero-order chi connectivity index (χ0) is 19.7. The van der Waals surface area contributed by atoms with Gasteiger partial charge in [0, 0.05) is 11.8 Å². The Balaban J connectivity index is 1.47. The van der Waals surface area contributed by atoms with E-state index in [2.05, 4.69) is 31.0 Å². The fourth-order valence-corrected chi connectivity index (χ4v) is 2.54. The maximum atomic E-state index is 13.6. The minimum atomic E-state index is -0.869. The van der Waals surface area contributed by atoms with Crippen LogP contribution in [-0.2, 0) is 6.54 Å². The van der Waals surface area contributed by atoms with Crippen LogP contribution in [0.3, 0.4) is 0 Å². The number of hydrogen-bond donors (Lipinski definition) is 2. The smallest absolute Gasteiger partial charge is 0.319 e. The number of nitrogens with zero attached hydrogens (tertiary/aromatic N) is 5. The second kappa shape index (κ2) is 7.02. The molecule has 0 saturated heterocycles. The van der Waals surface area contributed by atoms with Crippen LogP contribution in [-0.4, -0.2) is 30.8 Å². The summed E-state index contributed by atoms with van der Waals surface area (Å²) < 4.78 is 33.9. The molecule has 0 radical (unpaired) electrons. The predicted molar refractivity (Wildman–Crippen MR) is 93.2 cm³/mol. The van der Waals surface area contributed by atoms with Gasteiger partial charge in [0.25, 0.3) is 5.89 Å². The van der Waals surface area contributed by atoms with E-state index >= 15 is 0 Å². The summed E-state index contributed by atoms with van der Waals surface area (Å²) in [6, 6.07) is 5.97. The van der Waals surface area contributed by atoms with Gasteiger partial charge in [-0.3, -0.25) is 4.40 Å². The van der Waals surface area contributed by atoms with Gasteiger partial charge in [0.2, 0.25) is 0 Å². The Morgan fingerprint density at radius 2 is 2.00 bits per heavy atom. The number of fused-ring (bicyclic) bond motifs is 1. The third-order valence-electron chi connectivity index (χ3n) is 3.86. The highest BCUT2D eigenvalue weighted by Gasteiger charge is 2.14. The van der Waals surface area contributed by atoms with Crippen molar-refractivity contribution < 1.29 is 18.1 Å². The maximum absolute atomic E-state index is 13.6. The van der Waals surface area contributed by atoms with Gasteiger partial charge in [-0.2, -0.15) is 4.98 Å². The number of rotatable bonds is 4. The molecule has 2 amide bonds. The third-order valence-corrected chi connectivity index (χ3v) is 3.86. The molecule has 0 aliphatic carbocycles. The first kappa shape index (κ1) is 17.5. The van der Waals surface area contributed by atoms with Crippen molar-refractivity contribution in [3.8, 4) is 11.5 Å². The summed E-state index contributed by atoms with van der Waals surface area (Å²) in [4.78, 5) is 16.1. The summed E-state index contributed by atoms with van der Waals surface area (Å²) in [6.07, 6.45) is 1.69. The number of benzene rings is 1. The molecule has 4 rings (SSSR count). The molecular weight excluding hydrogens is 372 g/mol. The molecule has 3 aromatic heterocycles. The number of amides is 2. The zero-order valence-electron chi connectivity index (χ0n) is 14.5. The van der Waals surface area contributed by atoms with E-state index in [1.807, 2.05) is 0 Å². The number of urea groups is 1. The summed E-state index contributed by atoms with van der Waals surface area (Å²) in [5.74, 6) is -0.446. The summed E-state index contributed by atoms with van der Waals surface area (Å²) in [5, 5.41) is 16.4. The Labute approximate surface area is 156 Å². The highest BCUT2D eigenvalue weighted by atomic mass is 19.1. The number of aromatic nitrogens is 5. The summed E-state index contributed by atoms with van der Waals surface area (Å²) in [5.41, 5.74) is 0.657. The number of nitrogens with one attached hydrogen (secondary N) is 2. The van der Waals surface area contributed by atoms with E-state index in [9.17, 15) is 13.6 Å². The average Bonchev–Trinajstić information content (AvgIpc) is 3.29. The van der Waals surface area contributed by atoms with Gasteiger partial charge in [-0.25, -0.2) is 13.6 Å². The van der Waals surface area contributed by atoms with Crippen LogP contribution in [0, 0.1) is 18.6 Å². The van der Waals surface area contributed by atoms with E-state index in [1.54, 1.807) is 29.7 Å². The van der Waals surface area contributed by atoms with Gasteiger partial charge in [-0.05, 0) is 31.2 Å². The number of aryl methyl sites for hydroxylation is 1. The monoisotopic (exact) mass is 385 g/mol. The molecule has 1 aromatic carbocycles. The number of carbonyl (C=O) groups is 1. The zero-order valence-corrected chi connectivity index (χ0v) is 14.5. The van der Waals surface area contributed by atoms with Gasteiger partial charge in [0.05, 0.1) is 6.54 Å². The first-order chi connectivity index (χ1) is 13.5. The van der Waals surface area contributed by atoms with Crippen LogP contribution in [0.15, 0.2) is 41.1 Å². The van der Waals surface area contributed by atoms with Crippen molar-refractivity contribution in [2.24, 2.45) is 0 Å². The number of pyridine rings is 1. The molecular formula is C17H13F2N7O2. The minimum Gasteiger partial charge on any atom is -0.334 e. The molecule has 11 heteroatoms. The first-order valence-corrected chi connectivity index (χ1v) is 8.14. The third kappa shape index (κ3) is 3.37. The number of halogens is 2. The highest BCUT2D eigenvalue weighted by Crippen LogP contribution is 2.19. The molecule has 0 bridgehead atoms. The Kier molecular flexibility index (Phi) is 4.39. The molecule has 142 valence electrons. The Morgan fingerprint density at radius 3 is 2.71 bits per heavy atom. The molecule has 0 aliphatic rings. The van der Waals surface area contributed by atoms with Gasteiger partial charge in [0.15, 0.2) is 17.3 Å². The molecule has 2 N–H and O–H groups in total. The predicted octanol–water partition coefficient (Wildman–Crippen LogP) is 2.69. The lowest BCUT2D eigenvalue weighted by atomic mass is 10.2. The molecule has 0 atom stereocenters. The standard InChI is InChI=1S/C17H13F2N7O2/c1-9-21-16(28-25-9)10-5-6-26-13(7-10)23-24-14(26)8-20-17(27)22-15-11(18)3-2-4-12(15)19/h2-7H,8H2,1H3,(H2,20,22,27). The fourth-order valence-electron chi connectivity index (χ4n) is 2.54. The normalized spacial score (nSPS) is 11.0. The minimum absolute atomic E-state index is 0.0118. The molecule has 0 fully saturated rings. The lowest BCUT2D eigenvalue weighted by Gasteiger charge is -2.08. The topological polar surface area (TPSA) is 110 Å². The Bertz CT molecular complexity index is 1150. The maximum Gasteiger partial charge on any atom is 0.319 e. The van der Waals surface area contributed by atoms with Crippen molar-refractivity contribution in [1.29, 1.82) is 0 Å². The summed E-state index contributed by atoms with van der Waals surface area (Å²) in [6.45, 7) is 1.70. The van der Waals surface area contributed by atoms with Gasteiger partial charge < -0.3 is 15.2 Å². The fraction of sp³-hybridized carbons (Fsp3) is 0.118. The molecule has 0 unspecified atom stereocenters. The highest BCUT2D eigenvalue weighted by molar-refractivity contribution is 5.89. The number of para-hydroxylation sites is 1. The van der Waals surface area contributed by atoms with E-state index in [0.717, 1.165) is 12.1 Å². The number of anilines is 1. The average molecular weight is 385 g/mol. The molecule has 0 aliphatic heterocycles. The summed E-state index contributed by atoms with van der Waals surface area (Å²) >= 11 is 0. The quantitative estimate of drug-likeness (QED) is 0.559. The Morgan fingerprint density at radius 1 is 1.21 bits per heavy atom. The van der Waals surface area contributed by atoms with Crippen molar-refractivity contribution in [2.45, 2.75) is 13.5 Å². The second-order valence-electron chi connectivity index (χ2n) is 5.81. The van der Waals surface area contributed by atoms with Crippen LogP contribution in [0.4, 0.5) is 19.3 Å².